The first-order chi connectivity index (χ1) is 12.0. The first kappa shape index (κ1) is 16.9. The fourth-order valence-corrected chi connectivity index (χ4v) is 2.96. The second-order valence-electron chi connectivity index (χ2n) is 5.53. The van der Waals surface area contributed by atoms with Gasteiger partial charge in [-0.05, 0) is 19.1 Å². The first-order valence-electron chi connectivity index (χ1n) is 7.64. The monoisotopic (exact) mass is 355 g/mol. The van der Waals surface area contributed by atoms with Crippen molar-refractivity contribution in [1.29, 1.82) is 0 Å². The molecule has 6 nitrogen and oxygen atoms in total. The molecule has 0 spiro atoms. The highest BCUT2D eigenvalue weighted by Gasteiger charge is 2.14. The van der Waals surface area contributed by atoms with Gasteiger partial charge in [0.1, 0.15) is 5.69 Å². The van der Waals surface area contributed by atoms with Crippen molar-refractivity contribution in [3.05, 3.63) is 59.2 Å². The van der Waals surface area contributed by atoms with Gasteiger partial charge in [-0.15, -0.1) is 11.3 Å². The lowest BCUT2D eigenvalue weighted by atomic mass is 10.1. The quantitative estimate of drug-likeness (QED) is 0.713. The molecule has 0 aliphatic carbocycles. The van der Waals surface area contributed by atoms with E-state index in [2.05, 4.69) is 10.3 Å². The Balaban J connectivity index is 1.56. The molecule has 3 rings (SSSR count). The van der Waals surface area contributed by atoms with Crippen LogP contribution in [0.25, 0.3) is 11.3 Å². The molecular weight excluding hydrogens is 338 g/mol. The Labute approximate surface area is 149 Å². The van der Waals surface area contributed by atoms with Gasteiger partial charge in [0.15, 0.2) is 11.7 Å². The number of benzene rings is 1. The molecular formula is C18H17N3O3S. The van der Waals surface area contributed by atoms with Crippen molar-refractivity contribution in [1.82, 2.24) is 9.55 Å². The maximum absolute atomic E-state index is 11.9. The Morgan fingerprint density at radius 1 is 1.24 bits per heavy atom. The predicted octanol–water partition coefficient (Wildman–Crippen LogP) is 3.25. The minimum absolute atomic E-state index is 0.358. The Morgan fingerprint density at radius 2 is 2.00 bits per heavy atom. The summed E-state index contributed by atoms with van der Waals surface area (Å²) >= 11 is 1.32. The number of hydrogen-bond acceptors (Lipinski definition) is 5. The summed E-state index contributed by atoms with van der Waals surface area (Å²) < 4.78 is 6.64. The van der Waals surface area contributed by atoms with E-state index >= 15 is 0 Å². The molecule has 1 N–H and O–H groups in total. The van der Waals surface area contributed by atoms with E-state index in [0.717, 1.165) is 11.3 Å². The number of carbonyl (C=O) groups excluding carboxylic acids is 2. The number of carbonyl (C=O) groups is 2. The van der Waals surface area contributed by atoms with Gasteiger partial charge in [0.05, 0.1) is 5.69 Å². The van der Waals surface area contributed by atoms with E-state index < -0.39 is 11.9 Å². The maximum atomic E-state index is 11.9. The van der Waals surface area contributed by atoms with Crippen molar-refractivity contribution in [3.8, 4) is 11.3 Å². The zero-order valence-corrected chi connectivity index (χ0v) is 14.7. The molecule has 1 amide bonds. The van der Waals surface area contributed by atoms with Gasteiger partial charge in [-0.1, -0.05) is 29.8 Å². The van der Waals surface area contributed by atoms with E-state index in [9.17, 15) is 9.59 Å². The molecule has 0 saturated heterocycles. The van der Waals surface area contributed by atoms with Crippen molar-refractivity contribution < 1.29 is 14.3 Å². The van der Waals surface area contributed by atoms with Gasteiger partial charge >= 0.3 is 5.97 Å². The molecule has 7 heteroatoms. The summed E-state index contributed by atoms with van der Waals surface area (Å²) in [7, 11) is 1.73. The van der Waals surface area contributed by atoms with Crippen LogP contribution in [0.2, 0.25) is 0 Å². The standard InChI is InChI=1S/C18H17N3O3S/c1-12-5-7-13(8-6-12)14-11-25-18(19-14)20-16(22)10-24-17(23)15-4-3-9-21(15)2/h3-9,11H,10H2,1-2H3,(H,19,20,22). The second kappa shape index (κ2) is 7.31. The van der Waals surface area contributed by atoms with Crippen molar-refractivity contribution >= 4 is 28.3 Å². The van der Waals surface area contributed by atoms with Gasteiger partial charge in [-0.3, -0.25) is 10.1 Å². The number of hydrogen-bond donors (Lipinski definition) is 1. The Hall–Kier alpha value is -2.93. The van der Waals surface area contributed by atoms with Gasteiger partial charge in [-0.25, -0.2) is 9.78 Å². The molecule has 0 radical (unpaired) electrons. The minimum Gasteiger partial charge on any atom is -0.451 e. The molecule has 0 aliphatic rings. The van der Waals surface area contributed by atoms with Gasteiger partial charge in [0.25, 0.3) is 5.91 Å². The van der Waals surface area contributed by atoms with Crippen molar-refractivity contribution in [3.63, 3.8) is 0 Å². The predicted molar refractivity (Wildman–Crippen MR) is 96.6 cm³/mol. The highest BCUT2D eigenvalue weighted by atomic mass is 32.1. The molecule has 0 unspecified atom stereocenters. The Bertz CT molecular complexity index is 896. The smallest absolute Gasteiger partial charge is 0.355 e. The van der Waals surface area contributed by atoms with Crippen LogP contribution in [0.15, 0.2) is 48.0 Å². The first-order valence-corrected chi connectivity index (χ1v) is 8.52. The summed E-state index contributed by atoms with van der Waals surface area (Å²) in [4.78, 5) is 28.2. The SMILES string of the molecule is Cc1ccc(-c2csc(NC(=O)COC(=O)c3cccn3C)n2)cc1. The average molecular weight is 355 g/mol. The molecule has 3 aromatic rings. The highest BCUT2D eigenvalue weighted by Crippen LogP contribution is 2.25. The molecule has 0 saturated carbocycles. The number of anilines is 1. The zero-order chi connectivity index (χ0) is 17.8. The molecule has 0 fully saturated rings. The van der Waals surface area contributed by atoms with Crippen LogP contribution in [0.5, 0.6) is 0 Å². The highest BCUT2D eigenvalue weighted by molar-refractivity contribution is 7.14. The molecule has 128 valence electrons. The topological polar surface area (TPSA) is 73.2 Å². The number of nitrogens with zero attached hydrogens (tertiary/aromatic N) is 2. The maximum Gasteiger partial charge on any atom is 0.355 e. The zero-order valence-electron chi connectivity index (χ0n) is 13.9. The van der Waals surface area contributed by atoms with E-state index in [1.54, 1.807) is 29.9 Å². The van der Waals surface area contributed by atoms with Gasteiger partial charge in [0.2, 0.25) is 0 Å². The number of amides is 1. The summed E-state index contributed by atoms with van der Waals surface area (Å²) in [5.74, 6) is -0.963. The van der Waals surface area contributed by atoms with Crippen LogP contribution in [-0.2, 0) is 16.6 Å². The second-order valence-corrected chi connectivity index (χ2v) is 6.39. The summed E-state index contributed by atoms with van der Waals surface area (Å²) in [6.45, 7) is 1.66. The van der Waals surface area contributed by atoms with Gasteiger partial charge in [-0.2, -0.15) is 0 Å². The lowest BCUT2D eigenvalue weighted by Gasteiger charge is -2.05. The third-order valence-corrected chi connectivity index (χ3v) is 4.34. The van der Waals surface area contributed by atoms with Crippen LogP contribution in [0.1, 0.15) is 16.1 Å². The Morgan fingerprint density at radius 3 is 2.68 bits per heavy atom. The normalized spacial score (nSPS) is 10.5. The summed E-state index contributed by atoms with van der Waals surface area (Å²) in [6, 6.07) is 11.4. The van der Waals surface area contributed by atoms with Gasteiger partial charge < -0.3 is 9.30 Å². The average Bonchev–Trinajstić information content (AvgIpc) is 3.22. The number of ether oxygens (including phenoxy) is 1. The van der Waals surface area contributed by atoms with Crippen LogP contribution in [0.3, 0.4) is 0 Å². The largest absolute Gasteiger partial charge is 0.451 e. The summed E-state index contributed by atoms with van der Waals surface area (Å²) in [6.07, 6.45) is 1.73. The molecule has 25 heavy (non-hydrogen) atoms. The number of rotatable bonds is 5. The molecule has 2 heterocycles. The van der Waals surface area contributed by atoms with Crippen molar-refractivity contribution in [2.24, 2.45) is 7.05 Å². The van der Waals surface area contributed by atoms with E-state index in [4.69, 9.17) is 4.74 Å². The molecule has 2 aromatic heterocycles. The van der Waals surface area contributed by atoms with Crippen molar-refractivity contribution in [2.45, 2.75) is 6.92 Å². The van der Waals surface area contributed by atoms with Crippen LogP contribution < -0.4 is 5.32 Å². The van der Waals surface area contributed by atoms with Crippen LogP contribution >= 0.6 is 11.3 Å². The summed E-state index contributed by atoms with van der Waals surface area (Å²) in [5.41, 5.74) is 3.34. The molecule has 0 bridgehead atoms. The van der Waals surface area contributed by atoms with Crippen LogP contribution in [0, 0.1) is 6.92 Å². The van der Waals surface area contributed by atoms with E-state index in [-0.39, 0.29) is 6.61 Å². The fourth-order valence-electron chi connectivity index (χ4n) is 2.22. The van der Waals surface area contributed by atoms with Crippen LogP contribution in [0.4, 0.5) is 5.13 Å². The van der Waals surface area contributed by atoms with Crippen LogP contribution in [-0.4, -0.2) is 28.0 Å². The molecule has 0 aliphatic heterocycles. The molecule has 0 atom stereocenters. The fraction of sp³-hybridized carbons (Fsp3) is 0.167. The summed E-state index contributed by atoms with van der Waals surface area (Å²) in [5, 5.41) is 4.98. The number of esters is 1. The van der Waals surface area contributed by atoms with Crippen molar-refractivity contribution in [2.75, 3.05) is 11.9 Å². The number of aromatic nitrogens is 2. The Kier molecular flexibility index (Phi) is 4.95. The van der Waals surface area contributed by atoms with E-state index in [1.807, 2.05) is 36.6 Å². The van der Waals surface area contributed by atoms with Gasteiger partial charge in [0, 0.05) is 24.2 Å². The van der Waals surface area contributed by atoms with E-state index in [1.165, 1.54) is 16.9 Å². The number of nitrogens with one attached hydrogen (secondary N) is 1. The number of thiazole rings is 1. The lowest BCUT2D eigenvalue weighted by Crippen LogP contribution is -2.21. The third-order valence-electron chi connectivity index (χ3n) is 3.59. The number of aryl methyl sites for hydroxylation is 2. The minimum atomic E-state index is -0.540. The lowest BCUT2D eigenvalue weighted by molar-refractivity contribution is -0.119. The molecule has 1 aromatic carbocycles. The van der Waals surface area contributed by atoms with E-state index in [0.29, 0.717) is 10.8 Å². The third kappa shape index (κ3) is 4.13.